The number of fused-ring (bicyclic) bond motifs is 4. The zero-order valence-electron chi connectivity index (χ0n) is 34.6. The Morgan fingerprint density at radius 2 is 0.661 bits per heavy atom. The number of nitrogens with zero attached hydrogens (tertiary/aromatic N) is 4. The molecule has 0 aliphatic carbocycles. The van der Waals surface area contributed by atoms with E-state index in [9.17, 15) is 0 Å². The van der Waals surface area contributed by atoms with Crippen LogP contribution in [0.1, 0.15) is 25.0 Å². The van der Waals surface area contributed by atoms with Crippen molar-refractivity contribution in [3.8, 4) is 11.5 Å². The van der Waals surface area contributed by atoms with E-state index in [1.54, 1.807) is 0 Å². The summed E-state index contributed by atoms with van der Waals surface area (Å²) >= 11 is 0. The molecule has 0 atom stereocenters. The number of benzene rings is 9. The molecule has 0 amide bonds. The topological polar surface area (TPSA) is 22.2 Å². The van der Waals surface area contributed by atoms with E-state index in [-0.39, 0.29) is 0 Å². The van der Waals surface area contributed by atoms with Crippen LogP contribution in [0.2, 0.25) is 0 Å². The molecule has 62 heavy (non-hydrogen) atoms. The average molecular weight is 801 g/mol. The molecule has 5 nitrogen and oxygen atoms in total. The van der Waals surface area contributed by atoms with E-state index >= 15 is 0 Å². The van der Waals surface area contributed by atoms with Crippen LogP contribution in [-0.4, -0.2) is 0 Å². The molecule has 5 heteroatoms. The smallest absolute Gasteiger partial charge is 0.153 e. The fourth-order valence-corrected chi connectivity index (χ4v) is 9.21. The fourth-order valence-electron chi connectivity index (χ4n) is 9.21. The minimum atomic E-state index is -0.432. The zero-order valence-corrected chi connectivity index (χ0v) is 34.6. The highest BCUT2D eigenvalue weighted by Gasteiger charge is 2.43. The summed E-state index contributed by atoms with van der Waals surface area (Å²) < 4.78 is 7.23. The second-order valence-electron chi connectivity index (χ2n) is 16.3. The Morgan fingerprint density at radius 3 is 1.08 bits per heavy atom. The van der Waals surface area contributed by atoms with Crippen molar-refractivity contribution in [2.24, 2.45) is 0 Å². The lowest BCUT2D eigenvalue weighted by Crippen LogP contribution is -2.33. The van der Waals surface area contributed by atoms with Gasteiger partial charge >= 0.3 is 0 Å². The van der Waals surface area contributed by atoms with E-state index in [2.05, 4.69) is 264 Å². The van der Waals surface area contributed by atoms with Crippen LogP contribution in [0.3, 0.4) is 0 Å². The van der Waals surface area contributed by atoms with E-state index < -0.39 is 5.41 Å². The summed E-state index contributed by atoms with van der Waals surface area (Å²) in [5.74, 6) is 1.59. The van der Waals surface area contributed by atoms with Gasteiger partial charge in [0, 0.05) is 63.0 Å². The molecule has 11 rings (SSSR count). The second-order valence-corrected chi connectivity index (χ2v) is 16.3. The van der Waals surface area contributed by atoms with Gasteiger partial charge in [-0.25, -0.2) is 0 Å². The summed E-state index contributed by atoms with van der Waals surface area (Å²) in [5.41, 5.74) is 14.8. The van der Waals surface area contributed by atoms with E-state index in [1.165, 1.54) is 11.1 Å². The molecular weight excluding hydrogens is 757 g/mol. The van der Waals surface area contributed by atoms with Crippen LogP contribution >= 0.6 is 0 Å². The molecule has 9 aromatic carbocycles. The molecule has 2 heterocycles. The maximum atomic E-state index is 7.23. The number of ether oxygens (including phenoxy) is 1. The maximum Gasteiger partial charge on any atom is 0.153 e. The minimum absolute atomic E-state index is 0.432. The van der Waals surface area contributed by atoms with Crippen molar-refractivity contribution in [3.63, 3.8) is 0 Å². The fraction of sp³-hybridized carbons (Fsp3) is 0.0526. The normalized spacial score (nSPS) is 12.9. The van der Waals surface area contributed by atoms with Gasteiger partial charge in [0.25, 0.3) is 0 Å². The van der Waals surface area contributed by atoms with Crippen LogP contribution in [0, 0.1) is 0 Å². The van der Waals surface area contributed by atoms with Crippen LogP contribution in [0.5, 0.6) is 11.5 Å². The van der Waals surface area contributed by atoms with Gasteiger partial charge in [-0.05, 0) is 120 Å². The summed E-state index contributed by atoms with van der Waals surface area (Å²) in [5, 5.41) is 0. The Balaban J connectivity index is 1.14. The SMILES string of the molecule is CC1(C)c2cc(N(c3ccccc3)c3ccccc3)ccc2N2c3ccc(N(c4ccccc4)c4ccccc4)cc3Oc3cc(N(c4ccccc4)c4ccccc4)cc1c32. The van der Waals surface area contributed by atoms with Crippen LogP contribution in [-0.2, 0) is 5.41 Å². The molecule has 2 aliphatic heterocycles. The predicted octanol–water partition coefficient (Wildman–Crippen LogP) is 16.3. The van der Waals surface area contributed by atoms with Gasteiger partial charge in [-0.1, -0.05) is 123 Å². The van der Waals surface area contributed by atoms with E-state index in [4.69, 9.17) is 4.74 Å². The minimum Gasteiger partial charge on any atom is -0.453 e. The van der Waals surface area contributed by atoms with Gasteiger partial charge in [0.05, 0.1) is 22.7 Å². The van der Waals surface area contributed by atoms with Crippen LogP contribution in [0.15, 0.2) is 231 Å². The van der Waals surface area contributed by atoms with Gasteiger partial charge in [-0.2, -0.15) is 0 Å². The van der Waals surface area contributed by atoms with Gasteiger partial charge < -0.3 is 24.3 Å². The molecular formula is C57H44N4O. The summed E-state index contributed by atoms with van der Waals surface area (Å²) in [6, 6.07) is 81.7. The first kappa shape index (κ1) is 37.0. The van der Waals surface area contributed by atoms with Gasteiger partial charge in [0.2, 0.25) is 0 Å². The number of hydrogen-bond acceptors (Lipinski definition) is 5. The quantitative estimate of drug-likeness (QED) is 0.145. The summed E-state index contributed by atoms with van der Waals surface area (Å²) in [4.78, 5) is 9.40. The molecule has 0 saturated heterocycles. The first-order valence-electron chi connectivity index (χ1n) is 21.2. The summed E-state index contributed by atoms with van der Waals surface area (Å²) in [6.45, 7) is 4.71. The number of rotatable bonds is 9. The third-order valence-electron chi connectivity index (χ3n) is 12.1. The van der Waals surface area contributed by atoms with E-state index in [1.807, 2.05) is 0 Å². The van der Waals surface area contributed by atoms with Crippen molar-refractivity contribution < 1.29 is 4.74 Å². The molecule has 0 N–H and O–H groups in total. The van der Waals surface area contributed by atoms with Crippen molar-refractivity contribution >= 4 is 68.2 Å². The summed E-state index contributed by atoms with van der Waals surface area (Å²) in [6.07, 6.45) is 0. The molecule has 0 aromatic heterocycles. The molecule has 0 radical (unpaired) electrons. The standard InChI is InChI=1S/C57H44N4O/c1-57(2)50-37-47(58(41-21-9-3-10-22-41)42-23-11-4-12-24-42)33-35-52(50)61-53-36-34-48(59(43-25-13-5-14-26-43)44-27-15-6-16-28-44)39-54(53)62-55-40-49(38-51(57)56(55)61)60(45-29-17-7-18-30-45)46-31-19-8-20-32-46/h3-40H,1-2H3. The lowest BCUT2D eigenvalue weighted by Gasteiger charge is -2.46. The van der Waals surface area contributed by atoms with Crippen LogP contribution in [0.4, 0.5) is 68.2 Å². The van der Waals surface area contributed by atoms with Crippen molar-refractivity contribution in [2.75, 3.05) is 19.6 Å². The Labute approximate surface area is 363 Å². The second kappa shape index (κ2) is 15.2. The Kier molecular flexibility index (Phi) is 9.09. The van der Waals surface area contributed by atoms with Gasteiger partial charge in [0.1, 0.15) is 0 Å². The predicted molar refractivity (Wildman–Crippen MR) is 257 cm³/mol. The Hall–Kier alpha value is -8.02. The number of para-hydroxylation sites is 6. The lowest BCUT2D eigenvalue weighted by molar-refractivity contribution is 0.471. The Bertz CT molecular complexity index is 2900. The molecule has 0 saturated carbocycles. The average Bonchev–Trinajstić information content (AvgIpc) is 3.32. The van der Waals surface area contributed by atoms with Crippen molar-refractivity contribution in [2.45, 2.75) is 19.3 Å². The molecule has 298 valence electrons. The lowest BCUT2D eigenvalue weighted by atomic mass is 9.72. The van der Waals surface area contributed by atoms with Gasteiger partial charge in [-0.15, -0.1) is 0 Å². The third kappa shape index (κ3) is 6.34. The number of anilines is 12. The highest BCUT2D eigenvalue weighted by molar-refractivity contribution is 5.97. The molecule has 0 fully saturated rings. The van der Waals surface area contributed by atoms with Crippen molar-refractivity contribution in [1.29, 1.82) is 0 Å². The Morgan fingerprint density at radius 1 is 0.323 bits per heavy atom. The van der Waals surface area contributed by atoms with Crippen molar-refractivity contribution in [1.82, 2.24) is 0 Å². The highest BCUT2D eigenvalue weighted by Crippen LogP contribution is 2.62. The van der Waals surface area contributed by atoms with Crippen LogP contribution in [0.25, 0.3) is 0 Å². The highest BCUT2D eigenvalue weighted by atomic mass is 16.5. The molecule has 2 aliphatic rings. The third-order valence-corrected chi connectivity index (χ3v) is 12.1. The van der Waals surface area contributed by atoms with Crippen LogP contribution < -0.4 is 24.3 Å². The monoisotopic (exact) mass is 800 g/mol. The largest absolute Gasteiger partial charge is 0.453 e. The molecule has 9 aromatic rings. The van der Waals surface area contributed by atoms with Gasteiger partial charge in [-0.3, -0.25) is 0 Å². The van der Waals surface area contributed by atoms with Crippen molar-refractivity contribution in [3.05, 3.63) is 242 Å². The van der Waals surface area contributed by atoms with Gasteiger partial charge in [0.15, 0.2) is 11.5 Å². The molecule has 0 unspecified atom stereocenters. The van der Waals surface area contributed by atoms with E-state index in [0.29, 0.717) is 0 Å². The first-order valence-corrected chi connectivity index (χ1v) is 21.2. The molecule has 0 bridgehead atoms. The summed E-state index contributed by atoms with van der Waals surface area (Å²) in [7, 11) is 0. The molecule has 0 spiro atoms. The first-order chi connectivity index (χ1) is 30.5. The zero-order chi connectivity index (χ0) is 41.6. The van der Waals surface area contributed by atoms with E-state index in [0.717, 1.165) is 79.7 Å². The maximum absolute atomic E-state index is 7.23. The number of hydrogen-bond donors (Lipinski definition) is 0.